The summed E-state index contributed by atoms with van der Waals surface area (Å²) in [4.78, 5) is 17.8. The minimum atomic E-state index is -0.0202. The molecule has 2 N–H and O–H groups in total. The lowest BCUT2D eigenvalue weighted by molar-refractivity contribution is -0.124. The van der Waals surface area contributed by atoms with Gasteiger partial charge in [0.2, 0.25) is 5.91 Å². The average molecular weight is 295 g/mol. The molecule has 0 saturated heterocycles. The van der Waals surface area contributed by atoms with Gasteiger partial charge in [0.1, 0.15) is 0 Å². The van der Waals surface area contributed by atoms with Gasteiger partial charge in [-0.25, -0.2) is 0 Å². The van der Waals surface area contributed by atoms with Gasteiger partial charge in [-0.15, -0.1) is 0 Å². The number of aryl methyl sites for hydroxylation is 1. The molecule has 0 bridgehead atoms. The highest BCUT2D eigenvalue weighted by molar-refractivity contribution is 5.91. The molecule has 1 heterocycles. The second kappa shape index (κ2) is 7.41. The molecule has 1 aromatic heterocycles. The Labute approximate surface area is 131 Å². The van der Waals surface area contributed by atoms with Crippen molar-refractivity contribution < 1.29 is 4.79 Å². The van der Waals surface area contributed by atoms with Gasteiger partial charge in [0, 0.05) is 37.7 Å². The molecule has 0 aliphatic carbocycles. The molecule has 22 heavy (non-hydrogen) atoms. The molecule has 1 aromatic carbocycles. The van der Waals surface area contributed by atoms with Crippen molar-refractivity contribution in [1.82, 2.24) is 9.88 Å². The van der Waals surface area contributed by atoms with E-state index in [9.17, 15) is 4.79 Å². The zero-order chi connectivity index (χ0) is 15.9. The molecule has 0 atom stereocenters. The molecule has 0 aliphatic heterocycles. The van der Waals surface area contributed by atoms with Gasteiger partial charge in [0.15, 0.2) is 0 Å². The minimum absolute atomic E-state index is 0.0202. The van der Waals surface area contributed by atoms with Crippen LogP contribution in [-0.2, 0) is 11.2 Å². The quantitative estimate of drug-likeness (QED) is 0.681. The number of rotatable bonds is 5. The summed E-state index contributed by atoms with van der Waals surface area (Å²) in [6.45, 7) is 2.63. The maximum atomic E-state index is 12.1. The molecule has 0 unspecified atom stereocenters. The van der Waals surface area contributed by atoms with E-state index in [0.29, 0.717) is 6.54 Å². The zero-order valence-corrected chi connectivity index (χ0v) is 13.0. The number of carbonyl (C=O) groups is 1. The van der Waals surface area contributed by atoms with Crippen molar-refractivity contribution in [2.75, 3.05) is 19.3 Å². The van der Waals surface area contributed by atoms with Gasteiger partial charge in [-0.1, -0.05) is 12.1 Å². The molecule has 2 aromatic rings. The standard InChI is InChI=1S/C18H21N3O/c1-14-3-4-16(13-17(14)19)5-6-18(22)21(2)12-9-15-7-10-20-11-8-15/h3-8,10-11,13H,9,12,19H2,1-2H3/b6-5+. The van der Waals surface area contributed by atoms with Crippen LogP contribution < -0.4 is 5.73 Å². The Morgan fingerprint density at radius 2 is 2.00 bits per heavy atom. The molecule has 1 amide bonds. The van der Waals surface area contributed by atoms with Crippen LogP contribution in [0.4, 0.5) is 5.69 Å². The Balaban J connectivity index is 1.90. The van der Waals surface area contributed by atoms with Crippen molar-refractivity contribution in [3.63, 3.8) is 0 Å². The van der Waals surface area contributed by atoms with Crippen molar-refractivity contribution in [2.24, 2.45) is 0 Å². The highest BCUT2D eigenvalue weighted by Crippen LogP contribution is 2.14. The van der Waals surface area contributed by atoms with Crippen molar-refractivity contribution >= 4 is 17.7 Å². The summed E-state index contributed by atoms with van der Waals surface area (Å²) in [5.41, 5.74) is 9.74. The van der Waals surface area contributed by atoms with E-state index in [4.69, 9.17) is 5.73 Å². The Morgan fingerprint density at radius 3 is 2.68 bits per heavy atom. The lowest BCUT2D eigenvalue weighted by Crippen LogP contribution is -2.27. The number of likely N-dealkylation sites (N-methyl/N-ethyl adjacent to an activating group) is 1. The maximum absolute atomic E-state index is 12.1. The fourth-order valence-corrected chi connectivity index (χ4v) is 2.01. The number of amides is 1. The van der Waals surface area contributed by atoms with Crippen molar-refractivity contribution in [3.05, 3.63) is 65.5 Å². The van der Waals surface area contributed by atoms with Crippen LogP contribution in [0.1, 0.15) is 16.7 Å². The number of pyridine rings is 1. The normalized spacial score (nSPS) is 10.8. The van der Waals surface area contributed by atoms with Gasteiger partial charge in [-0.2, -0.15) is 0 Å². The van der Waals surface area contributed by atoms with E-state index < -0.39 is 0 Å². The summed E-state index contributed by atoms with van der Waals surface area (Å²) in [6, 6.07) is 9.70. The predicted molar refractivity (Wildman–Crippen MR) is 90.2 cm³/mol. The number of hydrogen-bond acceptors (Lipinski definition) is 3. The number of nitrogen functional groups attached to an aromatic ring is 1. The fourth-order valence-electron chi connectivity index (χ4n) is 2.01. The highest BCUT2D eigenvalue weighted by Gasteiger charge is 2.05. The van der Waals surface area contributed by atoms with E-state index in [2.05, 4.69) is 4.98 Å². The van der Waals surface area contributed by atoms with Gasteiger partial charge in [0.05, 0.1) is 0 Å². The second-order valence-electron chi connectivity index (χ2n) is 5.31. The van der Waals surface area contributed by atoms with Crippen LogP contribution in [0.15, 0.2) is 48.8 Å². The van der Waals surface area contributed by atoms with E-state index in [0.717, 1.165) is 23.2 Å². The summed E-state index contributed by atoms with van der Waals surface area (Å²) in [6.07, 6.45) is 7.71. The lowest BCUT2D eigenvalue weighted by atomic mass is 10.1. The number of anilines is 1. The van der Waals surface area contributed by atoms with Crippen LogP contribution in [0.3, 0.4) is 0 Å². The second-order valence-corrected chi connectivity index (χ2v) is 5.31. The first-order chi connectivity index (χ1) is 10.6. The summed E-state index contributed by atoms with van der Waals surface area (Å²) in [5, 5.41) is 0. The maximum Gasteiger partial charge on any atom is 0.246 e. The topological polar surface area (TPSA) is 59.2 Å². The third-order valence-corrected chi connectivity index (χ3v) is 3.58. The third kappa shape index (κ3) is 4.45. The number of benzene rings is 1. The van der Waals surface area contributed by atoms with E-state index in [-0.39, 0.29) is 5.91 Å². The molecule has 4 nitrogen and oxygen atoms in total. The molecular weight excluding hydrogens is 274 g/mol. The number of carbonyl (C=O) groups excluding carboxylic acids is 1. The molecule has 0 saturated carbocycles. The number of nitrogens with two attached hydrogens (primary N) is 1. The van der Waals surface area contributed by atoms with Crippen LogP contribution in [0.5, 0.6) is 0 Å². The SMILES string of the molecule is Cc1ccc(/C=C/C(=O)N(C)CCc2ccncc2)cc1N. The molecule has 4 heteroatoms. The van der Waals surface area contributed by atoms with Crippen LogP contribution in [-0.4, -0.2) is 29.4 Å². The van der Waals surface area contributed by atoms with Gasteiger partial charge in [0.25, 0.3) is 0 Å². The first kappa shape index (κ1) is 15.8. The summed E-state index contributed by atoms with van der Waals surface area (Å²) < 4.78 is 0. The molecule has 0 radical (unpaired) electrons. The largest absolute Gasteiger partial charge is 0.398 e. The van der Waals surface area contributed by atoms with Crippen molar-refractivity contribution in [2.45, 2.75) is 13.3 Å². The molecule has 2 rings (SSSR count). The molecule has 0 aliphatic rings. The van der Waals surface area contributed by atoms with Gasteiger partial charge in [-0.05, 0) is 54.3 Å². The van der Waals surface area contributed by atoms with Crippen molar-refractivity contribution in [1.29, 1.82) is 0 Å². The summed E-state index contributed by atoms with van der Waals surface area (Å²) in [7, 11) is 1.80. The van der Waals surface area contributed by atoms with Gasteiger partial charge >= 0.3 is 0 Å². The third-order valence-electron chi connectivity index (χ3n) is 3.58. The van der Waals surface area contributed by atoms with Crippen LogP contribution >= 0.6 is 0 Å². The molecular formula is C18H21N3O. The fraction of sp³-hybridized carbons (Fsp3) is 0.222. The zero-order valence-electron chi connectivity index (χ0n) is 13.0. The van der Waals surface area contributed by atoms with E-state index in [1.807, 2.05) is 37.3 Å². The minimum Gasteiger partial charge on any atom is -0.398 e. The van der Waals surface area contributed by atoms with Gasteiger partial charge in [-0.3, -0.25) is 9.78 Å². The summed E-state index contributed by atoms with van der Waals surface area (Å²) in [5.74, 6) is -0.0202. The first-order valence-electron chi connectivity index (χ1n) is 7.24. The van der Waals surface area contributed by atoms with E-state index in [1.165, 1.54) is 5.56 Å². The monoisotopic (exact) mass is 295 g/mol. The molecule has 0 spiro atoms. The van der Waals surface area contributed by atoms with Crippen LogP contribution in [0.25, 0.3) is 6.08 Å². The van der Waals surface area contributed by atoms with Gasteiger partial charge < -0.3 is 10.6 Å². The number of aromatic nitrogens is 1. The first-order valence-corrected chi connectivity index (χ1v) is 7.24. The van der Waals surface area contributed by atoms with Crippen LogP contribution in [0.2, 0.25) is 0 Å². The van der Waals surface area contributed by atoms with E-state index in [1.54, 1.807) is 36.5 Å². The Bertz CT molecular complexity index is 665. The Morgan fingerprint density at radius 1 is 1.27 bits per heavy atom. The highest BCUT2D eigenvalue weighted by atomic mass is 16.2. The molecule has 0 fully saturated rings. The number of nitrogens with zero attached hydrogens (tertiary/aromatic N) is 2. The van der Waals surface area contributed by atoms with E-state index >= 15 is 0 Å². The molecule has 114 valence electrons. The average Bonchev–Trinajstić information content (AvgIpc) is 2.54. The Kier molecular flexibility index (Phi) is 5.31. The van der Waals surface area contributed by atoms with Crippen LogP contribution in [0, 0.1) is 6.92 Å². The number of hydrogen-bond donors (Lipinski definition) is 1. The summed E-state index contributed by atoms with van der Waals surface area (Å²) >= 11 is 0. The Hall–Kier alpha value is -2.62. The lowest BCUT2D eigenvalue weighted by Gasteiger charge is -2.14. The predicted octanol–water partition coefficient (Wildman–Crippen LogP) is 2.69. The smallest absolute Gasteiger partial charge is 0.246 e. The van der Waals surface area contributed by atoms with Crippen molar-refractivity contribution in [3.8, 4) is 0 Å².